The molecule has 114 valence electrons. The first-order chi connectivity index (χ1) is 10.5. The molecule has 5 heteroatoms. The molecule has 0 aliphatic carbocycles. The van der Waals surface area contributed by atoms with Crippen LogP contribution >= 0.6 is 0 Å². The maximum Gasteiger partial charge on any atom is 0.284 e. The molecule has 5 nitrogen and oxygen atoms in total. The average molecular weight is 297 g/mol. The van der Waals surface area contributed by atoms with Crippen LogP contribution in [-0.2, 0) is 6.54 Å². The molecule has 0 aliphatic heterocycles. The largest absolute Gasteiger partial charge is 0.493 e. The predicted octanol–water partition coefficient (Wildman–Crippen LogP) is 2.84. The number of benzene rings is 1. The van der Waals surface area contributed by atoms with Crippen molar-refractivity contribution in [1.29, 1.82) is 5.26 Å². The van der Waals surface area contributed by atoms with E-state index in [9.17, 15) is 4.79 Å². The van der Waals surface area contributed by atoms with E-state index in [-0.39, 0.29) is 11.1 Å². The van der Waals surface area contributed by atoms with Gasteiger partial charge in [0.2, 0.25) is 0 Å². The Balaban J connectivity index is 2.42. The van der Waals surface area contributed by atoms with E-state index in [0.29, 0.717) is 24.8 Å². The lowest BCUT2D eigenvalue weighted by atomic mass is 10.1. The van der Waals surface area contributed by atoms with Gasteiger partial charge >= 0.3 is 0 Å². The Bertz CT molecular complexity index is 757. The van der Waals surface area contributed by atoms with Gasteiger partial charge in [-0.2, -0.15) is 10.4 Å². The van der Waals surface area contributed by atoms with Gasteiger partial charge in [0.25, 0.3) is 5.56 Å². The van der Waals surface area contributed by atoms with Gasteiger partial charge in [0.05, 0.1) is 12.3 Å². The van der Waals surface area contributed by atoms with E-state index < -0.39 is 0 Å². The molecular weight excluding hydrogens is 278 g/mol. The number of hydrogen-bond donors (Lipinski definition) is 0. The van der Waals surface area contributed by atoms with Crippen LogP contribution in [0.15, 0.2) is 35.1 Å². The lowest BCUT2D eigenvalue weighted by Gasteiger charge is -2.10. The highest BCUT2D eigenvalue weighted by Crippen LogP contribution is 2.22. The maximum atomic E-state index is 11.9. The Labute approximate surface area is 129 Å². The second-order valence-electron chi connectivity index (χ2n) is 5.41. The molecule has 0 fully saturated rings. The summed E-state index contributed by atoms with van der Waals surface area (Å²) in [5.41, 5.74) is 1.15. The Kier molecular flexibility index (Phi) is 4.95. The predicted molar refractivity (Wildman–Crippen MR) is 84.7 cm³/mol. The summed E-state index contributed by atoms with van der Waals surface area (Å²) in [5.74, 6) is 1.19. The first-order valence-electron chi connectivity index (χ1n) is 7.30. The molecule has 0 unspecified atom stereocenters. The molecule has 0 amide bonds. The molecule has 1 heterocycles. The number of aromatic nitrogens is 2. The highest BCUT2D eigenvalue weighted by molar-refractivity contribution is 5.62. The molecule has 0 aliphatic rings. The summed E-state index contributed by atoms with van der Waals surface area (Å²) in [6, 6.07) is 11.0. The van der Waals surface area contributed by atoms with E-state index in [1.807, 2.05) is 37.3 Å². The van der Waals surface area contributed by atoms with Crippen molar-refractivity contribution in [2.24, 2.45) is 5.92 Å². The molecule has 0 spiro atoms. The molecule has 2 aromatic rings. The first-order valence-corrected chi connectivity index (χ1v) is 7.30. The smallest absolute Gasteiger partial charge is 0.284 e. The van der Waals surface area contributed by atoms with E-state index in [2.05, 4.69) is 18.9 Å². The van der Waals surface area contributed by atoms with Crippen molar-refractivity contribution < 1.29 is 4.74 Å². The van der Waals surface area contributed by atoms with Crippen LogP contribution in [0.1, 0.15) is 26.3 Å². The zero-order valence-corrected chi connectivity index (χ0v) is 13.0. The van der Waals surface area contributed by atoms with Gasteiger partial charge in [0.15, 0.2) is 0 Å². The minimum Gasteiger partial charge on any atom is -0.493 e. The average Bonchev–Trinajstić information content (AvgIpc) is 2.53. The van der Waals surface area contributed by atoms with Crippen LogP contribution in [0.2, 0.25) is 0 Å². The second kappa shape index (κ2) is 6.90. The van der Waals surface area contributed by atoms with Gasteiger partial charge in [-0.3, -0.25) is 4.79 Å². The molecule has 0 saturated heterocycles. The van der Waals surface area contributed by atoms with Crippen molar-refractivity contribution in [2.45, 2.75) is 27.3 Å². The Hall–Kier alpha value is -2.61. The summed E-state index contributed by atoms with van der Waals surface area (Å²) >= 11 is 0. The Morgan fingerprint density at radius 2 is 2.14 bits per heavy atom. The summed E-state index contributed by atoms with van der Waals surface area (Å²) < 4.78 is 7.01. The lowest BCUT2D eigenvalue weighted by molar-refractivity contribution is 0.271. The number of hydrogen-bond acceptors (Lipinski definition) is 4. The Morgan fingerprint density at radius 1 is 1.36 bits per heavy atom. The normalized spacial score (nSPS) is 10.5. The SMILES string of the molecule is CCn1nc(-c2cccc(OCC(C)C)c2)cc(C#N)c1=O. The van der Waals surface area contributed by atoms with Crippen molar-refractivity contribution in [3.05, 3.63) is 46.2 Å². The second-order valence-corrected chi connectivity index (χ2v) is 5.41. The zero-order valence-electron chi connectivity index (χ0n) is 13.0. The van der Waals surface area contributed by atoms with Crippen molar-refractivity contribution in [1.82, 2.24) is 9.78 Å². The number of rotatable bonds is 5. The van der Waals surface area contributed by atoms with Crippen LogP contribution < -0.4 is 10.3 Å². The highest BCUT2D eigenvalue weighted by Gasteiger charge is 2.09. The number of nitrogens with zero attached hydrogens (tertiary/aromatic N) is 3. The molecule has 0 radical (unpaired) electrons. The molecule has 0 bridgehead atoms. The maximum absolute atomic E-state index is 11.9. The van der Waals surface area contributed by atoms with Crippen LogP contribution in [0.25, 0.3) is 11.3 Å². The van der Waals surface area contributed by atoms with Crippen molar-refractivity contribution >= 4 is 0 Å². The van der Waals surface area contributed by atoms with Gasteiger partial charge < -0.3 is 4.74 Å². The van der Waals surface area contributed by atoms with Crippen molar-refractivity contribution in [3.63, 3.8) is 0 Å². The fourth-order valence-electron chi connectivity index (χ4n) is 1.99. The summed E-state index contributed by atoms with van der Waals surface area (Å²) in [7, 11) is 0. The van der Waals surface area contributed by atoms with E-state index in [1.54, 1.807) is 0 Å². The van der Waals surface area contributed by atoms with Crippen LogP contribution in [0.3, 0.4) is 0 Å². The first kappa shape index (κ1) is 15.8. The van der Waals surface area contributed by atoms with Crippen LogP contribution in [0.4, 0.5) is 0 Å². The highest BCUT2D eigenvalue weighted by atomic mass is 16.5. The lowest BCUT2D eigenvalue weighted by Crippen LogP contribution is -2.24. The molecule has 0 saturated carbocycles. The fourth-order valence-corrected chi connectivity index (χ4v) is 1.99. The van der Waals surface area contributed by atoms with E-state index in [1.165, 1.54) is 10.7 Å². The minimum absolute atomic E-state index is 0.0975. The summed E-state index contributed by atoms with van der Waals surface area (Å²) in [6.45, 7) is 7.05. The van der Waals surface area contributed by atoms with Crippen LogP contribution in [-0.4, -0.2) is 16.4 Å². The van der Waals surface area contributed by atoms with Crippen LogP contribution in [0, 0.1) is 17.2 Å². The topological polar surface area (TPSA) is 67.9 Å². The van der Waals surface area contributed by atoms with Gasteiger partial charge in [0, 0.05) is 12.1 Å². The molecule has 0 N–H and O–H groups in total. The van der Waals surface area contributed by atoms with Crippen molar-refractivity contribution in [3.8, 4) is 23.1 Å². The van der Waals surface area contributed by atoms with Crippen LogP contribution in [0.5, 0.6) is 5.75 Å². The molecule has 1 aromatic carbocycles. The van der Waals surface area contributed by atoms with Gasteiger partial charge in [-0.05, 0) is 31.0 Å². The molecule has 0 atom stereocenters. The quantitative estimate of drug-likeness (QED) is 0.851. The van der Waals surface area contributed by atoms with Crippen molar-refractivity contribution in [2.75, 3.05) is 6.61 Å². The molecular formula is C17H19N3O2. The van der Waals surface area contributed by atoms with E-state index in [0.717, 1.165) is 11.3 Å². The van der Waals surface area contributed by atoms with Gasteiger partial charge in [-0.25, -0.2) is 4.68 Å². The van der Waals surface area contributed by atoms with Gasteiger partial charge in [-0.15, -0.1) is 0 Å². The van der Waals surface area contributed by atoms with Gasteiger partial charge in [0.1, 0.15) is 17.4 Å². The third-order valence-corrected chi connectivity index (χ3v) is 3.11. The van der Waals surface area contributed by atoms with E-state index in [4.69, 9.17) is 10.00 Å². The standard InChI is InChI=1S/C17H19N3O2/c1-4-20-17(21)14(10-18)9-16(19-20)13-6-5-7-15(8-13)22-11-12(2)3/h5-9,12H,4,11H2,1-3H3. The fraction of sp³-hybridized carbons (Fsp3) is 0.353. The zero-order chi connectivity index (χ0) is 16.1. The number of aryl methyl sites for hydroxylation is 1. The summed E-state index contributed by atoms with van der Waals surface area (Å²) in [6.07, 6.45) is 0. The summed E-state index contributed by atoms with van der Waals surface area (Å²) in [4.78, 5) is 11.9. The minimum atomic E-state index is -0.360. The van der Waals surface area contributed by atoms with E-state index >= 15 is 0 Å². The monoisotopic (exact) mass is 297 g/mol. The third-order valence-electron chi connectivity index (χ3n) is 3.11. The Morgan fingerprint density at radius 3 is 2.77 bits per heavy atom. The van der Waals surface area contributed by atoms with Gasteiger partial charge in [-0.1, -0.05) is 26.0 Å². The number of nitriles is 1. The molecule has 1 aromatic heterocycles. The third kappa shape index (κ3) is 3.53. The molecule has 22 heavy (non-hydrogen) atoms. The summed E-state index contributed by atoms with van der Waals surface area (Å²) in [5, 5.41) is 13.4. The molecule has 2 rings (SSSR count). The number of ether oxygens (including phenoxy) is 1.